The zero-order valence-corrected chi connectivity index (χ0v) is 17.2. The van der Waals surface area contributed by atoms with E-state index in [4.69, 9.17) is 4.52 Å². The Balaban J connectivity index is 1.35. The van der Waals surface area contributed by atoms with Gasteiger partial charge < -0.3 is 9.84 Å². The molecule has 1 N–H and O–H groups in total. The second kappa shape index (κ2) is 8.32. The highest BCUT2D eigenvalue weighted by molar-refractivity contribution is 5.94. The number of rotatable bonds is 6. The van der Waals surface area contributed by atoms with E-state index >= 15 is 0 Å². The number of aryl methyl sites for hydroxylation is 3. The molecule has 2 aromatic heterocycles. The van der Waals surface area contributed by atoms with E-state index in [0.29, 0.717) is 23.8 Å². The molecule has 7 heteroatoms. The third kappa shape index (κ3) is 4.46. The maximum Gasteiger partial charge on any atom is 0.251 e. The van der Waals surface area contributed by atoms with Crippen molar-refractivity contribution in [2.75, 3.05) is 0 Å². The number of hydrogen-bond acceptors (Lipinski definition) is 5. The molecular formula is C23H23N5O2. The van der Waals surface area contributed by atoms with Crippen molar-refractivity contribution in [3.05, 3.63) is 88.6 Å². The molecule has 2 aromatic carbocycles. The van der Waals surface area contributed by atoms with E-state index in [2.05, 4.69) is 20.6 Å². The number of amides is 1. The molecular weight excluding hydrogens is 378 g/mol. The number of carbonyl (C=O) groups excluding carboxylic acids is 1. The van der Waals surface area contributed by atoms with Gasteiger partial charge >= 0.3 is 0 Å². The van der Waals surface area contributed by atoms with Crippen molar-refractivity contribution < 1.29 is 9.32 Å². The lowest BCUT2D eigenvalue weighted by molar-refractivity contribution is 0.0946. The van der Waals surface area contributed by atoms with Gasteiger partial charge in [-0.15, -0.1) is 0 Å². The van der Waals surface area contributed by atoms with E-state index in [0.717, 1.165) is 28.1 Å². The summed E-state index contributed by atoms with van der Waals surface area (Å²) in [5.41, 5.74) is 5.80. The lowest BCUT2D eigenvalue weighted by atomic mass is 10.1. The molecule has 0 bridgehead atoms. The van der Waals surface area contributed by atoms with Gasteiger partial charge in [-0.25, -0.2) is 0 Å². The van der Waals surface area contributed by atoms with Crippen LogP contribution in [-0.4, -0.2) is 25.8 Å². The highest BCUT2D eigenvalue weighted by Gasteiger charge is 2.11. The molecule has 0 saturated heterocycles. The lowest BCUT2D eigenvalue weighted by Crippen LogP contribution is -2.23. The third-order valence-electron chi connectivity index (χ3n) is 4.83. The standard InChI is InChI=1S/C23H23N5O2/c1-15-4-8-19(9-5-15)22-25-21(30-27-22)13-24-23(29)20-10-6-18(7-11-20)14-28-17(3)12-16(2)26-28/h4-12H,13-14H2,1-3H3,(H,24,29). The van der Waals surface area contributed by atoms with Gasteiger partial charge in [-0.2, -0.15) is 10.1 Å². The molecule has 0 aliphatic rings. The summed E-state index contributed by atoms with van der Waals surface area (Å²) in [6.45, 7) is 6.87. The molecule has 0 atom stereocenters. The van der Waals surface area contributed by atoms with Gasteiger partial charge in [-0.05, 0) is 44.5 Å². The Hall–Kier alpha value is -3.74. The molecule has 4 rings (SSSR count). The van der Waals surface area contributed by atoms with Gasteiger partial charge in [-0.3, -0.25) is 9.48 Å². The zero-order valence-electron chi connectivity index (χ0n) is 17.2. The van der Waals surface area contributed by atoms with Crippen molar-refractivity contribution in [3.63, 3.8) is 0 Å². The SMILES string of the molecule is Cc1ccc(-c2noc(CNC(=O)c3ccc(Cn4nc(C)cc4C)cc3)n2)cc1. The average molecular weight is 401 g/mol. The Labute approximate surface area is 174 Å². The first-order valence-electron chi connectivity index (χ1n) is 9.76. The Morgan fingerprint density at radius 3 is 2.43 bits per heavy atom. The number of carbonyl (C=O) groups is 1. The number of benzene rings is 2. The summed E-state index contributed by atoms with van der Waals surface area (Å²) in [7, 11) is 0. The second-order valence-electron chi connectivity index (χ2n) is 7.34. The summed E-state index contributed by atoms with van der Waals surface area (Å²) in [4.78, 5) is 16.8. The average Bonchev–Trinajstić information content (AvgIpc) is 3.33. The minimum absolute atomic E-state index is 0.172. The minimum atomic E-state index is -0.192. The topological polar surface area (TPSA) is 85.8 Å². The van der Waals surface area contributed by atoms with Crippen LogP contribution in [0.3, 0.4) is 0 Å². The molecule has 0 fully saturated rings. The molecule has 30 heavy (non-hydrogen) atoms. The molecule has 0 aliphatic heterocycles. The van der Waals surface area contributed by atoms with Crippen LogP contribution in [-0.2, 0) is 13.1 Å². The normalized spacial score (nSPS) is 10.9. The quantitative estimate of drug-likeness (QED) is 0.531. The lowest BCUT2D eigenvalue weighted by Gasteiger charge is -2.06. The van der Waals surface area contributed by atoms with Crippen LogP contribution in [0.25, 0.3) is 11.4 Å². The predicted octanol–water partition coefficient (Wildman–Crippen LogP) is 3.84. The summed E-state index contributed by atoms with van der Waals surface area (Å²) >= 11 is 0. The molecule has 0 saturated carbocycles. The van der Waals surface area contributed by atoms with E-state index in [9.17, 15) is 4.79 Å². The van der Waals surface area contributed by atoms with Crippen molar-refractivity contribution in [2.24, 2.45) is 0 Å². The van der Waals surface area contributed by atoms with Crippen molar-refractivity contribution >= 4 is 5.91 Å². The number of nitrogens with zero attached hydrogens (tertiary/aromatic N) is 4. The molecule has 2 heterocycles. The van der Waals surface area contributed by atoms with Crippen molar-refractivity contribution in [1.29, 1.82) is 0 Å². The number of hydrogen-bond donors (Lipinski definition) is 1. The van der Waals surface area contributed by atoms with Gasteiger partial charge in [-0.1, -0.05) is 47.1 Å². The van der Waals surface area contributed by atoms with E-state index in [1.807, 2.05) is 80.1 Å². The first-order valence-corrected chi connectivity index (χ1v) is 9.76. The molecule has 0 spiro atoms. The van der Waals surface area contributed by atoms with Crippen LogP contribution >= 0.6 is 0 Å². The van der Waals surface area contributed by atoms with Crippen LogP contribution in [0, 0.1) is 20.8 Å². The van der Waals surface area contributed by atoms with Crippen LogP contribution in [0.4, 0.5) is 0 Å². The van der Waals surface area contributed by atoms with Gasteiger partial charge in [0.05, 0.1) is 18.8 Å². The summed E-state index contributed by atoms with van der Waals surface area (Å²) < 4.78 is 7.20. The Kier molecular flexibility index (Phi) is 5.43. The fourth-order valence-corrected chi connectivity index (χ4v) is 3.17. The predicted molar refractivity (Wildman–Crippen MR) is 113 cm³/mol. The molecule has 1 amide bonds. The number of aromatic nitrogens is 4. The van der Waals surface area contributed by atoms with Crippen LogP contribution < -0.4 is 5.32 Å². The van der Waals surface area contributed by atoms with E-state index in [1.54, 1.807) is 0 Å². The summed E-state index contributed by atoms with van der Waals surface area (Å²) in [5, 5.41) is 11.3. The largest absolute Gasteiger partial charge is 0.343 e. The first kappa shape index (κ1) is 19.6. The van der Waals surface area contributed by atoms with Gasteiger partial charge in [0.2, 0.25) is 11.7 Å². The smallest absolute Gasteiger partial charge is 0.251 e. The third-order valence-corrected chi connectivity index (χ3v) is 4.83. The molecule has 7 nitrogen and oxygen atoms in total. The van der Waals surface area contributed by atoms with Crippen molar-refractivity contribution in [2.45, 2.75) is 33.9 Å². The summed E-state index contributed by atoms with van der Waals surface area (Å²) in [6.07, 6.45) is 0. The van der Waals surface area contributed by atoms with Gasteiger partial charge in [0.15, 0.2) is 0 Å². The second-order valence-corrected chi connectivity index (χ2v) is 7.34. The number of nitrogens with one attached hydrogen (secondary N) is 1. The Morgan fingerprint density at radius 2 is 1.77 bits per heavy atom. The van der Waals surface area contributed by atoms with Gasteiger partial charge in [0.1, 0.15) is 0 Å². The molecule has 0 radical (unpaired) electrons. The molecule has 0 unspecified atom stereocenters. The Morgan fingerprint density at radius 1 is 1.03 bits per heavy atom. The van der Waals surface area contributed by atoms with E-state index in [1.165, 1.54) is 0 Å². The Bertz CT molecular complexity index is 1160. The fraction of sp³-hybridized carbons (Fsp3) is 0.217. The van der Waals surface area contributed by atoms with E-state index in [-0.39, 0.29) is 12.5 Å². The maximum atomic E-state index is 12.4. The van der Waals surface area contributed by atoms with Crippen LogP contribution in [0.2, 0.25) is 0 Å². The summed E-state index contributed by atoms with van der Waals surface area (Å²) in [6, 6.07) is 17.4. The van der Waals surface area contributed by atoms with Crippen LogP contribution in [0.5, 0.6) is 0 Å². The van der Waals surface area contributed by atoms with Crippen molar-refractivity contribution in [3.8, 4) is 11.4 Å². The first-order chi connectivity index (χ1) is 14.5. The van der Waals surface area contributed by atoms with Crippen LogP contribution in [0.15, 0.2) is 59.1 Å². The van der Waals surface area contributed by atoms with Gasteiger partial charge in [0.25, 0.3) is 5.91 Å². The fourth-order valence-electron chi connectivity index (χ4n) is 3.17. The van der Waals surface area contributed by atoms with Crippen molar-refractivity contribution in [1.82, 2.24) is 25.2 Å². The van der Waals surface area contributed by atoms with Gasteiger partial charge in [0, 0.05) is 16.8 Å². The highest BCUT2D eigenvalue weighted by Crippen LogP contribution is 2.16. The molecule has 0 aliphatic carbocycles. The minimum Gasteiger partial charge on any atom is -0.343 e. The monoisotopic (exact) mass is 401 g/mol. The van der Waals surface area contributed by atoms with Crippen LogP contribution in [0.1, 0.15) is 38.8 Å². The summed E-state index contributed by atoms with van der Waals surface area (Å²) in [5.74, 6) is 0.676. The zero-order chi connectivity index (χ0) is 21.1. The van der Waals surface area contributed by atoms with E-state index < -0.39 is 0 Å². The molecule has 4 aromatic rings. The maximum absolute atomic E-state index is 12.4. The highest BCUT2D eigenvalue weighted by atomic mass is 16.5. The molecule has 152 valence electrons.